The Bertz CT molecular complexity index is 1360. The minimum atomic E-state index is -0.376. The molecule has 0 spiro atoms. The molecule has 0 fully saturated rings. The molecule has 0 saturated heterocycles. The van der Waals surface area contributed by atoms with Gasteiger partial charge in [0.2, 0.25) is 5.91 Å². The molecule has 0 aliphatic rings. The molecule has 176 valence electrons. The monoisotopic (exact) mass is 462 g/mol. The standard InChI is InChI=1S/C25H26N4O5/c1-4-16-5-7-17(8-6-16)22-23-24(34-28-22)25(31)29(15-27-23)12-11-21(30)26-14-18-9-10-19(32-2)13-20(18)33-3/h5-10,13,15H,4,11-12,14H2,1-3H3,(H,26,30). The maximum absolute atomic E-state index is 12.8. The lowest BCUT2D eigenvalue weighted by atomic mass is 10.1. The van der Waals surface area contributed by atoms with Crippen LogP contribution in [-0.2, 0) is 24.3 Å². The Kier molecular flexibility index (Phi) is 6.91. The number of amides is 1. The van der Waals surface area contributed by atoms with E-state index < -0.39 is 0 Å². The molecule has 2 heterocycles. The van der Waals surface area contributed by atoms with E-state index in [1.165, 1.54) is 16.5 Å². The second kappa shape index (κ2) is 10.2. The van der Waals surface area contributed by atoms with Gasteiger partial charge in [-0.3, -0.25) is 14.2 Å². The van der Waals surface area contributed by atoms with Crippen LogP contribution in [0.3, 0.4) is 0 Å². The third-order valence-corrected chi connectivity index (χ3v) is 5.63. The van der Waals surface area contributed by atoms with E-state index in [0.717, 1.165) is 17.5 Å². The summed E-state index contributed by atoms with van der Waals surface area (Å²) < 4.78 is 17.2. The summed E-state index contributed by atoms with van der Waals surface area (Å²) in [7, 11) is 3.14. The van der Waals surface area contributed by atoms with Gasteiger partial charge in [-0.1, -0.05) is 36.3 Å². The Balaban J connectivity index is 1.42. The van der Waals surface area contributed by atoms with Crippen molar-refractivity contribution in [3.05, 3.63) is 70.3 Å². The van der Waals surface area contributed by atoms with Crippen molar-refractivity contribution >= 4 is 17.0 Å². The maximum Gasteiger partial charge on any atom is 0.299 e. The zero-order chi connectivity index (χ0) is 24.1. The predicted molar refractivity (Wildman–Crippen MR) is 127 cm³/mol. The molecular formula is C25H26N4O5. The summed E-state index contributed by atoms with van der Waals surface area (Å²) in [5, 5.41) is 6.90. The van der Waals surface area contributed by atoms with E-state index in [2.05, 4.69) is 22.4 Å². The number of aromatic nitrogens is 3. The lowest BCUT2D eigenvalue weighted by molar-refractivity contribution is -0.121. The highest BCUT2D eigenvalue weighted by atomic mass is 16.5. The number of ether oxygens (including phenoxy) is 2. The highest BCUT2D eigenvalue weighted by Gasteiger charge is 2.17. The number of hydrogen-bond donors (Lipinski definition) is 1. The van der Waals surface area contributed by atoms with Gasteiger partial charge in [-0.2, -0.15) is 0 Å². The summed E-state index contributed by atoms with van der Waals surface area (Å²) in [5.74, 6) is 1.08. The van der Waals surface area contributed by atoms with E-state index >= 15 is 0 Å². The molecule has 34 heavy (non-hydrogen) atoms. The Hall–Kier alpha value is -4.14. The van der Waals surface area contributed by atoms with Crippen molar-refractivity contribution in [2.75, 3.05) is 14.2 Å². The first-order valence-corrected chi connectivity index (χ1v) is 11.0. The Morgan fingerprint density at radius 2 is 1.91 bits per heavy atom. The first-order chi connectivity index (χ1) is 16.5. The largest absolute Gasteiger partial charge is 0.497 e. The minimum Gasteiger partial charge on any atom is -0.497 e. The van der Waals surface area contributed by atoms with Crippen LogP contribution in [0, 0.1) is 0 Å². The van der Waals surface area contributed by atoms with Crippen molar-refractivity contribution in [3.8, 4) is 22.8 Å². The number of nitrogens with zero attached hydrogens (tertiary/aromatic N) is 3. The smallest absolute Gasteiger partial charge is 0.299 e. The van der Waals surface area contributed by atoms with Crippen LogP contribution in [0.2, 0.25) is 0 Å². The summed E-state index contributed by atoms with van der Waals surface area (Å²) in [6, 6.07) is 13.3. The van der Waals surface area contributed by atoms with Crippen molar-refractivity contribution in [1.29, 1.82) is 0 Å². The van der Waals surface area contributed by atoms with Gasteiger partial charge in [0.1, 0.15) is 22.7 Å². The molecular weight excluding hydrogens is 436 g/mol. The fourth-order valence-corrected chi connectivity index (χ4v) is 3.60. The summed E-state index contributed by atoms with van der Waals surface area (Å²) in [4.78, 5) is 29.6. The quantitative estimate of drug-likeness (QED) is 0.406. The average molecular weight is 463 g/mol. The fourth-order valence-electron chi connectivity index (χ4n) is 3.60. The van der Waals surface area contributed by atoms with Gasteiger partial charge in [0.25, 0.3) is 11.1 Å². The minimum absolute atomic E-state index is 0.0699. The zero-order valence-corrected chi connectivity index (χ0v) is 19.3. The number of carbonyl (C=O) groups is 1. The van der Waals surface area contributed by atoms with Crippen molar-refractivity contribution in [2.24, 2.45) is 0 Å². The summed E-state index contributed by atoms with van der Waals surface area (Å²) in [5.41, 5.74) is 3.47. The molecule has 1 N–H and O–H groups in total. The van der Waals surface area contributed by atoms with Crippen molar-refractivity contribution < 1.29 is 18.8 Å². The van der Waals surface area contributed by atoms with Crippen LogP contribution >= 0.6 is 0 Å². The van der Waals surface area contributed by atoms with E-state index in [4.69, 9.17) is 14.0 Å². The van der Waals surface area contributed by atoms with E-state index in [1.54, 1.807) is 26.4 Å². The Morgan fingerprint density at radius 1 is 1.12 bits per heavy atom. The first kappa shape index (κ1) is 23.0. The van der Waals surface area contributed by atoms with E-state index in [-0.39, 0.29) is 30.0 Å². The molecule has 2 aromatic carbocycles. The van der Waals surface area contributed by atoms with Crippen molar-refractivity contribution in [3.63, 3.8) is 0 Å². The van der Waals surface area contributed by atoms with E-state index in [1.807, 2.05) is 30.3 Å². The maximum atomic E-state index is 12.8. The van der Waals surface area contributed by atoms with Crippen LogP contribution in [0.25, 0.3) is 22.4 Å². The van der Waals surface area contributed by atoms with Gasteiger partial charge >= 0.3 is 0 Å². The molecule has 4 aromatic rings. The van der Waals surface area contributed by atoms with Gasteiger partial charge in [0, 0.05) is 36.7 Å². The number of hydrogen-bond acceptors (Lipinski definition) is 7. The van der Waals surface area contributed by atoms with Gasteiger partial charge in [-0.05, 0) is 24.1 Å². The third-order valence-electron chi connectivity index (χ3n) is 5.63. The van der Waals surface area contributed by atoms with Crippen LogP contribution < -0.4 is 20.3 Å². The number of rotatable bonds is 9. The number of carbonyl (C=O) groups excluding carboxylic acids is 1. The summed E-state index contributed by atoms with van der Waals surface area (Å²) >= 11 is 0. The second-order valence-electron chi connectivity index (χ2n) is 7.71. The van der Waals surface area contributed by atoms with Gasteiger partial charge in [0.15, 0.2) is 0 Å². The second-order valence-corrected chi connectivity index (χ2v) is 7.71. The molecule has 0 radical (unpaired) electrons. The van der Waals surface area contributed by atoms with Crippen LogP contribution in [-0.4, -0.2) is 34.8 Å². The predicted octanol–water partition coefficient (Wildman–Crippen LogP) is 3.34. The lowest BCUT2D eigenvalue weighted by Crippen LogP contribution is -2.27. The Labute approximate surface area is 196 Å². The number of nitrogens with one attached hydrogen (secondary N) is 1. The third kappa shape index (κ3) is 4.78. The molecule has 4 rings (SSSR count). The van der Waals surface area contributed by atoms with Crippen molar-refractivity contribution in [2.45, 2.75) is 32.9 Å². The topological polar surface area (TPSA) is 108 Å². The number of benzene rings is 2. The molecule has 0 bridgehead atoms. The van der Waals surface area contributed by atoms with Crippen LogP contribution in [0.4, 0.5) is 0 Å². The van der Waals surface area contributed by atoms with Gasteiger partial charge in [0.05, 0.1) is 20.5 Å². The van der Waals surface area contributed by atoms with Crippen LogP contribution in [0.15, 0.2) is 58.1 Å². The molecule has 1 amide bonds. The zero-order valence-electron chi connectivity index (χ0n) is 19.3. The highest BCUT2D eigenvalue weighted by molar-refractivity contribution is 5.87. The molecule has 0 aliphatic carbocycles. The Morgan fingerprint density at radius 3 is 2.62 bits per heavy atom. The molecule has 9 heteroatoms. The van der Waals surface area contributed by atoms with E-state index in [0.29, 0.717) is 29.3 Å². The summed E-state index contributed by atoms with van der Waals surface area (Å²) in [6.07, 6.45) is 2.46. The molecule has 0 saturated carbocycles. The van der Waals surface area contributed by atoms with Crippen LogP contribution in [0.1, 0.15) is 24.5 Å². The number of fused-ring (bicyclic) bond motifs is 1. The van der Waals surface area contributed by atoms with Gasteiger partial charge in [-0.25, -0.2) is 4.98 Å². The van der Waals surface area contributed by atoms with Crippen molar-refractivity contribution in [1.82, 2.24) is 20.0 Å². The SMILES string of the molecule is CCc1ccc(-c2noc3c(=O)n(CCC(=O)NCc4ccc(OC)cc4OC)cnc23)cc1. The molecule has 0 atom stereocenters. The molecule has 2 aromatic heterocycles. The van der Waals surface area contributed by atoms with Gasteiger partial charge in [-0.15, -0.1) is 0 Å². The number of methoxy groups -OCH3 is 2. The number of aryl methyl sites for hydroxylation is 2. The summed E-state index contributed by atoms with van der Waals surface area (Å²) in [6.45, 7) is 2.54. The van der Waals surface area contributed by atoms with Gasteiger partial charge < -0.3 is 19.3 Å². The first-order valence-electron chi connectivity index (χ1n) is 11.0. The normalized spacial score (nSPS) is 10.9. The lowest BCUT2D eigenvalue weighted by Gasteiger charge is -2.11. The fraction of sp³-hybridized carbons (Fsp3) is 0.280. The van der Waals surface area contributed by atoms with E-state index in [9.17, 15) is 9.59 Å². The highest BCUT2D eigenvalue weighted by Crippen LogP contribution is 2.25. The molecule has 9 nitrogen and oxygen atoms in total. The molecule has 0 aliphatic heterocycles. The van der Waals surface area contributed by atoms with Crippen LogP contribution in [0.5, 0.6) is 11.5 Å². The average Bonchev–Trinajstić information content (AvgIpc) is 3.32. The molecule has 0 unspecified atom stereocenters.